The van der Waals surface area contributed by atoms with Crippen LogP contribution in [0.3, 0.4) is 0 Å². The molecule has 2 heterocycles. The van der Waals surface area contributed by atoms with Gasteiger partial charge in [-0.15, -0.1) is 36.2 Å². The third-order valence-electron chi connectivity index (χ3n) is 5.32. The molecule has 0 fully saturated rings. The Balaban J connectivity index is 0.00000193. The van der Waals surface area contributed by atoms with E-state index in [1.165, 1.54) is 16.9 Å². The quantitative estimate of drug-likeness (QED) is 0.341. The number of halogens is 2. The van der Waals surface area contributed by atoms with Crippen molar-refractivity contribution in [3.63, 3.8) is 0 Å². The summed E-state index contributed by atoms with van der Waals surface area (Å²) in [5, 5.41) is 3.48. The Labute approximate surface area is 210 Å². The number of aryl methyl sites for hydroxylation is 1. The molecule has 0 atom stereocenters. The van der Waals surface area contributed by atoms with E-state index in [2.05, 4.69) is 56.1 Å². The largest absolute Gasteiger partial charge is 0.364 e. The molecule has 174 valence electrons. The first-order chi connectivity index (χ1) is 14.9. The van der Waals surface area contributed by atoms with E-state index < -0.39 is 5.91 Å². The highest BCUT2D eigenvalue weighted by Crippen LogP contribution is 2.36. The number of amides is 1. The average molecular weight is 503 g/mol. The number of aromatic nitrogens is 2. The second kappa shape index (κ2) is 11.1. The van der Waals surface area contributed by atoms with E-state index >= 15 is 0 Å². The first-order valence-corrected chi connectivity index (χ1v) is 11.2. The van der Waals surface area contributed by atoms with Crippen molar-refractivity contribution < 1.29 is 4.79 Å². The van der Waals surface area contributed by atoms with Crippen LogP contribution in [0.25, 0.3) is 32.6 Å². The Hall–Kier alpha value is -2.51. The summed E-state index contributed by atoms with van der Waals surface area (Å²) in [5.41, 5.74) is 19.4. The molecule has 1 amide bonds. The lowest BCUT2D eigenvalue weighted by molar-refractivity contribution is 0.0996. The highest BCUT2D eigenvalue weighted by Gasteiger charge is 2.18. The fraction of sp³-hybridized carbons (Fsp3) is 0.240. The standard InChI is InChI=1S/C25H26N4OS.2ClH/c1-14(2)10-21-19(12-26)23(16-6-4-15(3)5-7-16)18-11-17(8-9-20(18)28-21)25-29-22(13-31-25)24(27)30;;/h4-9,11,13-14H,10,12,26H2,1-3H3,(H2,27,30);2*1H. The van der Waals surface area contributed by atoms with Gasteiger partial charge in [0.05, 0.1) is 5.52 Å². The van der Waals surface area contributed by atoms with E-state index in [1.807, 2.05) is 12.1 Å². The van der Waals surface area contributed by atoms with Crippen LogP contribution in [0.1, 0.15) is 41.2 Å². The molecule has 0 bridgehead atoms. The molecule has 0 unspecified atom stereocenters. The summed E-state index contributed by atoms with van der Waals surface area (Å²) in [4.78, 5) is 20.9. The monoisotopic (exact) mass is 502 g/mol. The Morgan fingerprint density at radius 2 is 1.70 bits per heavy atom. The number of thiazole rings is 1. The number of carbonyl (C=O) groups excluding carboxylic acids is 1. The second-order valence-corrected chi connectivity index (χ2v) is 9.07. The summed E-state index contributed by atoms with van der Waals surface area (Å²) < 4.78 is 0. The summed E-state index contributed by atoms with van der Waals surface area (Å²) in [7, 11) is 0. The maximum Gasteiger partial charge on any atom is 0.268 e. The van der Waals surface area contributed by atoms with Crippen molar-refractivity contribution in [2.24, 2.45) is 17.4 Å². The van der Waals surface area contributed by atoms with E-state index in [9.17, 15) is 4.79 Å². The van der Waals surface area contributed by atoms with Gasteiger partial charge in [0, 0.05) is 28.6 Å². The minimum absolute atomic E-state index is 0. The predicted molar refractivity (Wildman–Crippen MR) is 142 cm³/mol. The first kappa shape index (κ1) is 26.7. The highest BCUT2D eigenvalue weighted by molar-refractivity contribution is 7.13. The fourth-order valence-electron chi connectivity index (χ4n) is 3.83. The number of nitrogens with zero attached hydrogens (tertiary/aromatic N) is 2. The molecule has 0 saturated heterocycles. The molecule has 0 saturated carbocycles. The third-order valence-corrected chi connectivity index (χ3v) is 6.21. The van der Waals surface area contributed by atoms with Gasteiger partial charge in [-0.05, 0) is 54.2 Å². The number of pyridine rings is 1. The molecule has 0 radical (unpaired) electrons. The van der Waals surface area contributed by atoms with Crippen LogP contribution in [0.2, 0.25) is 0 Å². The number of fused-ring (bicyclic) bond motifs is 1. The molecule has 0 aliphatic rings. The lowest BCUT2D eigenvalue weighted by Crippen LogP contribution is -2.11. The molecule has 33 heavy (non-hydrogen) atoms. The smallest absolute Gasteiger partial charge is 0.268 e. The maximum atomic E-state index is 11.5. The van der Waals surface area contributed by atoms with Crippen LogP contribution in [0.4, 0.5) is 0 Å². The molecule has 2 aromatic heterocycles. The Bertz CT molecular complexity index is 1270. The lowest BCUT2D eigenvalue weighted by atomic mass is 9.90. The molecule has 0 aliphatic carbocycles. The van der Waals surface area contributed by atoms with E-state index in [-0.39, 0.29) is 30.5 Å². The van der Waals surface area contributed by atoms with Crippen LogP contribution in [0.5, 0.6) is 0 Å². The summed E-state index contributed by atoms with van der Waals surface area (Å²) in [5.74, 6) is -0.0445. The van der Waals surface area contributed by atoms with Crippen molar-refractivity contribution >= 4 is 53.0 Å². The lowest BCUT2D eigenvalue weighted by Gasteiger charge is -2.18. The molecular weight excluding hydrogens is 475 g/mol. The van der Waals surface area contributed by atoms with E-state index in [0.29, 0.717) is 12.5 Å². The van der Waals surface area contributed by atoms with Gasteiger partial charge in [-0.1, -0.05) is 43.7 Å². The zero-order valence-electron chi connectivity index (χ0n) is 18.8. The van der Waals surface area contributed by atoms with Crippen molar-refractivity contribution in [2.75, 3.05) is 0 Å². The van der Waals surface area contributed by atoms with Gasteiger partial charge in [0.25, 0.3) is 5.91 Å². The van der Waals surface area contributed by atoms with Gasteiger partial charge in [-0.3, -0.25) is 9.78 Å². The van der Waals surface area contributed by atoms with E-state index in [1.54, 1.807) is 5.38 Å². The Morgan fingerprint density at radius 3 is 2.27 bits per heavy atom. The maximum absolute atomic E-state index is 11.5. The van der Waals surface area contributed by atoms with Gasteiger partial charge in [-0.2, -0.15) is 0 Å². The van der Waals surface area contributed by atoms with Crippen molar-refractivity contribution in [3.05, 3.63) is 70.4 Å². The summed E-state index contributed by atoms with van der Waals surface area (Å²) in [6, 6.07) is 14.6. The van der Waals surface area contributed by atoms with Crippen LogP contribution < -0.4 is 11.5 Å². The van der Waals surface area contributed by atoms with Crippen LogP contribution in [-0.2, 0) is 13.0 Å². The van der Waals surface area contributed by atoms with Gasteiger partial charge in [0.15, 0.2) is 0 Å². The van der Waals surface area contributed by atoms with Crippen molar-refractivity contribution in [1.82, 2.24) is 9.97 Å². The number of hydrogen-bond acceptors (Lipinski definition) is 5. The molecule has 5 nitrogen and oxygen atoms in total. The van der Waals surface area contributed by atoms with E-state index in [4.69, 9.17) is 16.5 Å². The third kappa shape index (κ3) is 5.53. The first-order valence-electron chi connectivity index (χ1n) is 10.4. The molecule has 0 aliphatic heterocycles. The molecule has 4 aromatic rings. The van der Waals surface area contributed by atoms with Gasteiger partial charge < -0.3 is 11.5 Å². The van der Waals surface area contributed by atoms with Gasteiger partial charge in [0.1, 0.15) is 10.7 Å². The van der Waals surface area contributed by atoms with Crippen molar-refractivity contribution in [1.29, 1.82) is 0 Å². The highest BCUT2D eigenvalue weighted by atomic mass is 35.5. The molecule has 4 rings (SSSR count). The molecule has 2 aromatic carbocycles. The molecule has 0 spiro atoms. The normalized spacial score (nSPS) is 10.7. The van der Waals surface area contributed by atoms with Crippen molar-refractivity contribution in [3.8, 4) is 21.7 Å². The van der Waals surface area contributed by atoms with Gasteiger partial charge in [0.2, 0.25) is 0 Å². The van der Waals surface area contributed by atoms with Gasteiger partial charge >= 0.3 is 0 Å². The summed E-state index contributed by atoms with van der Waals surface area (Å²) in [6.45, 7) is 6.89. The van der Waals surface area contributed by atoms with Crippen LogP contribution >= 0.6 is 36.2 Å². The minimum Gasteiger partial charge on any atom is -0.364 e. The van der Waals surface area contributed by atoms with Crippen LogP contribution in [0.15, 0.2) is 47.8 Å². The summed E-state index contributed by atoms with van der Waals surface area (Å²) >= 11 is 1.41. The van der Waals surface area contributed by atoms with E-state index in [0.717, 1.165) is 50.3 Å². The van der Waals surface area contributed by atoms with Crippen molar-refractivity contribution in [2.45, 2.75) is 33.7 Å². The number of primary amides is 1. The molecule has 8 heteroatoms. The SMILES string of the molecule is Cc1ccc(-c2c(CN)c(CC(C)C)nc3ccc(-c4nc(C(N)=O)cs4)cc23)cc1.Cl.Cl. The number of rotatable bonds is 6. The van der Waals surface area contributed by atoms with Gasteiger partial charge in [-0.25, -0.2) is 4.98 Å². The molecule has 4 N–H and O–H groups in total. The zero-order chi connectivity index (χ0) is 22.1. The average Bonchev–Trinajstić information content (AvgIpc) is 3.23. The predicted octanol–water partition coefficient (Wildman–Crippen LogP) is 5.93. The fourth-order valence-corrected chi connectivity index (χ4v) is 4.64. The Morgan fingerprint density at radius 1 is 1.03 bits per heavy atom. The Kier molecular flexibility index (Phi) is 8.97. The number of nitrogens with two attached hydrogens (primary N) is 2. The number of carbonyl (C=O) groups is 1. The summed E-state index contributed by atoms with van der Waals surface area (Å²) in [6.07, 6.45) is 0.873. The second-order valence-electron chi connectivity index (χ2n) is 8.21. The molecular formula is C25H28Cl2N4OS. The van der Waals surface area contributed by atoms with Crippen LogP contribution in [0, 0.1) is 12.8 Å². The van der Waals surface area contributed by atoms with Crippen LogP contribution in [-0.4, -0.2) is 15.9 Å². The number of hydrogen-bond donors (Lipinski definition) is 2. The topological polar surface area (TPSA) is 94.9 Å². The zero-order valence-corrected chi connectivity index (χ0v) is 21.2. The minimum atomic E-state index is -0.519. The number of benzene rings is 2.